The normalized spacial score (nSPS) is 21.5. The first-order chi connectivity index (χ1) is 8.24. The Hall–Kier alpha value is -0.160. The summed E-state index contributed by atoms with van der Waals surface area (Å²) in [6.45, 7) is 11.3. The van der Waals surface area contributed by atoms with E-state index in [-0.39, 0.29) is 0 Å². The molecule has 1 aliphatic rings. The number of hydrogen-bond donors (Lipinski definition) is 1. The number of rotatable bonds is 9. The van der Waals surface area contributed by atoms with Crippen LogP contribution in [0.3, 0.4) is 0 Å². The van der Waals surface area contributed by atoms with E-state index in [1.54, 1.807) is 7.11 Å². The fraction of sp³-hybridized carbons (Fsp3) is 1.00. The van der Waals surface area contributed by atoms with Crippen molar-refractivity contribution in [3.05, 3.63) is 0 Å². The molecule has 0 aromatic rings. The van der Waals surface area contributed by atoms with E-state index in [2.05, 4.69) is 24.1 Å². The van der Waals surface area contributed by atoms with Crippen LogP contribution < -0.4 is 5.32 Å². The summed E-state index contributed by atoms with van der Waals surface area (Å²) in [5, 5.41) is 3.47. The smallest absolute Gasteiger partial charge is 0.0700 e. The molecule has 102 valence electrons. The van der Waals surface area contributed by atoms with Crippen LogP contribution in [0.25, 0.3) is 0 Å². The van der Waals surface area contributed by atoms with Crippen LogP contribution in [0.2, 0.25) is 0 Å². The molecule has 17 heavy (non-hydrogen) atoms. The second-order valence-electron chi connectivity index (χ2n) is 5.05. The third-order valence-electron chi connectivity index (χ3n) is 3.34. The summed E-state index contributed by atoms with van der Waals surface area (Å²) in [6.07, 6.45) is 1.33. The Kier molecular flexibility index (Phi) is 7.77. The first-order valence-corrected chi connectivity index (χ1v) is 6.75. The van der Waals surface area contributed by atoms with Crippen LogP contribution in [0.15, 0.2) is 0 Å². The highest BCUT2D eigenvalue weighted by molar-refractivity contribution is 4.78. The van der Waals surface area contributed by atoms with E-state index >= 15 is 0 Å². The highest BCUT2D eigenvalue weighted by atomic mass is 16.5. The molecule has 0 bridgehead atoms. The van der Waals surface area contributed by atoms with Gasteiger partial charge in [-0.25, -0.2) is 0 Å². The maximum atomic E-state index is 5.40. The molecule has 0 aromatic heterocycles. The Bertz CT molecular complexity index is 188. The van der Waals surface area contributed by atoms with Gasteiger partial charge in [0.25, 0.3) is 0 Å². The number of ether oxygens (including phenoxy) is 2. The quantitative estimate of drug-likeness (QED) is 0.613. The second-order valence-corrected chi connectivity index (χ2v) is 5.05. The minimum atomic E-state index is 0.686. The van der Waals surface area contributed by atoms with Gasteiger partial charge >= 0.3 is 0 Å². The topological polar surface area (TPSA) is 33.7 Å². The van der Waals surface area contributed by atoms with E-state index in [1.807, 2.05) is 0 Å². The highest BCUT2D eigenvalue weighted by Gasteiger charge is 2.23. The molecule has 0 radical (unpaired) electrons. The van der Waals surface area contributed by atoms with Gasteiger partial charge in [0.1, 0.15) is 0 Å². The molecule has 0 spiro atoms. The van der Waals surface area contributed by atoms with Crippen molar-refractivity contribution in [1.82, 2.24) is 10.2 Å². The summed E-state index contributed by atoms with van der Waals surface area (Å²) >= 11 is 0. The van der Waals surface area contributed by atoms with Crippen molar-refractivity contribution in [1.29, 1.82) is 0 Å². The molecule has 0 amide bonds. The summed E-state index contributed by atoms with van der Waals surface area (Å²) in [6, 6.07) is 0.692. The number of methoxy groups -OCH3 is 1. The molecular formula is C13H28N2O2. The fourth-order valence-electron chi connectivity index (χ4n) is 2.19. The van der Waals surface area contributed by atoms with E-state index in [1.165, 1.54) is 19.5 Å². The van der Waals surface area contributed by atoms with Gasteiger partial charge in [-0.2, -0.15) is 0 Å². The van der Waals surface area contributed by atoms with Crippen molar-refractivity contribution < 1.29 is 9.47 Å². The minimum Gasteiger partial charge on any atom is -0.382 e. The molecule has 1 heterocycles. The van der Waals surface area contributed by atoms with Crippen LogP contribution in [0.1, 0.15) is 20.3 Å². The summed E-state index contributed by atoms with van der Waals surface area (Å²) in [5.74, 6) is 0.816. The van der Waals surface area contributed by atoms with Crippen molar-refractivity contribution in [2.45, 2.75) is 26.3 Å². The molecule has 0 aromatic carbocycles. The van der Waals surface area contributed by atoms with E-state index < -0.39 is 0 Å². The largest absolute Gasteiger partial charge is 0.382 e. The lowest BCUT2D eigenvalue weighted by atomic mass is 10.1. The maximum Gasteiger partial charge on any atom is 0.0700 e. The lowest BCUT2D eigenvalue weighted by molar-refractivity contribution is 0.0717. The molecule has 1 rings (SSSR count). The van der Waals surface area contributed by atoms with Crippen LogP contribution in [0.4, 0.5) is 0 Å². The van der Waals surface area contributed by atoms with Gasteiger partial charge < -0.3 is 19.7 Å². The van der Waals surface area contributed by atoms with Crippen LogP contribution >= 0.6 is 0 Å². The van der Waals surface area contributed by atoms with Gasteiger partial charge in [0.2, 0.25) is 0 Å². The zero-order chi connectivity index (χ0) is 12.5. The predicted molar refractivity (Wildman–Crippen MR) is 70.4 cm³/mol. The van der Waals surface area contributed by atoms with Crippen molar-refractivity contribution in [3.63, 3.8) is 0 Å². The monoisotopic (exact) mass is 244 g/mol. The zero-order valence-electron chi connectivity index (χ0n) is 11.6. The van der Waals surface area contributed by atoms with E-state index in [9.17, 15) is 0 Å². The SMILES string of the molecule is COCCOCCNCC1CCN(C(C)C)C1. The first kappa shape index (κ1) is 14.9. The summed E-state index contributed by atoms with van der Waals surface area (Å²) in [5.41, 5.74) is 0. The second kappa shape index (κ2) is 8.86. The van der Waals surface area contributed by atoms with Crippen LogP contribution in [0, 0.1) is 5.92 Å². The molecule has 4 heteroatoms. The fourth-order valence-corrected chi connectivity index (χ4v) is 2.19. The van der Waals surface area contributed by atoms with Gasteiger partial charge in [0, 0.05) is 26.2 Å². The maximum absolute atomic E-state index is 5.40. The van der Waals surface area contributed by atoms with Gasteiger partial charge in [0.15, 0.2) is 0 Å². The van der Waals surface area contributed by atoms with Gasteiger partial charge in [-0.15, -0.1) is 0 Å². The van der Waals surface area contributed by atoms with Crippen molar-refractivity contribution in [3.8, 4) is 0 Å². The molecule has 1 unspecified atom stereocenters. The van der Waals surface area contributed by atoms with Gasteiger partial charge in [0.05, 0.1) is 19.8 Å². The Morgan fingerprint density at radius 1 is 1.29 bits per heavy atom. The standard InChI is InChI=1S/C13H28N2O2/c1-12(2)15-6-4-13(11-15)10-14-5-7-17-9-8-16-3/h12-14H,4-11H2,1-3H3. The molecule has 1 atom stereocenters. The average molecular weight is 244 g/mol. The Balaban J connectivity index is 1.90. The van der Waals surface area contributed by atoms with E-state index in [4.69, 9.17) is 9.47 Å². The molecule has 1 N–H and O–H groups in total. The summed E-state index contributed by atoms with van der Waals surface area (Å²) in [4.78, 5) is 2.56. The average Bonchev–Trinajstić information content (AvgIpc) is 2.77. The van der Waals surface area contributed by atoms with Gasteiger partial charge in [-0.1, -0.05) is 0 Å². The Labute approximate surface area is 106 Å². The van der Waals surface area contributed by atoms with Gasteiger partial charge in [-0.05, 0) is 39.3 Å². The Morgan fingerprint density at radius 3 is 2.76 bits per heavy atom. The van der Waals surface area contributed by atoms with Crippen molar-refractivity contribution in [2.75, 3.05) is 53.1 Å². The number of nitrogens with one attached hydrogen (secondary N) is 1. The van der Waals surface area contributed by atoms with Crippen LogP contribution in [-0.4, -0.2) is 64.1 Å². The van der Waals surface area contributed by atoms with Crippen molar-refractivity contribution >= 4 is 0 Å². The van der Waals surface area contributed by atoms with Crippen molar-refractivity contribution in [2.24, 2.45) is 5.92 Å². The highest BCUT2D eigenvalue weighted by Crippen LogP contribution is 2.17. The molecular weight excluding hydrogens is 216 g/mol. The third kappa shape index (κ3) is 6.36. The van der Waals surface area contributed by atoms with E-state index in [0.717, 1.165) is 25.6 Å². The predicted octanol–water partition coefficient (Wildman–Crippen LogP) is 0.969. The van der Waals surface area contributed by atoms with Crippen LogP contribution in [-0.2, 0) is 9.47 Å². The lowest BCUT2D eigenvalue weighted by Crippen LogP contribution is -2.31. The number of hydrogen-bond acceptors (Lipinski definition) is 4. The van der Waals surface area contributed by atoms with E-state index in [0.29, 0.717) is 19.3 Å². The molecule has 0 aliphatic carbocycles. The molecule has 1 fully saturated rings. The number of nitrogens with zero attached hydrogens (tertiary/aromatic N) is 1. The minimum absolute atomic E-state index is 0.686. The Morgan fingerprint density at radius 2 is 2.12 bits per heavy atom. The van der Waals surface area contributed by atoms with Gasteiger partial charge in [-0.3, -0.25) is 0 Å². The molecule has 4 nitrogen and oxygen atoms in total. The molecule has 0 saturated carbocycles. The molecule has 1 aliphatic heterocycles. The third-order valence-corrected chi connectivity index (χ3v) is 3.34. The zero-order valence-corrected chi connectivity index (χ0v) is 11.6. The molecule has 1 saturated heterocycles. The van der Waals surface area contributed by atoms with Crippen LogP contribution in [0.5, 0.6) is 0 Å². The first-order valence-electron chi connectivity index (χ1n) is 6.75. The lowest BCUT2D eigenvalue weighted by Gasteiger charge is -2.20. The summed E-state index contributed by atoms with van der Waals surface area (Å²) < 4.78 is 10.3. The number of likely N-dealkylation sites (tertiary alicyclic amines) is 1. The summed E-state index contributed by atoms with van der Waals surface area (Å²) in [7, 11) is 1.70.